The highest BCUT2D eigenvalue weighted by Crippen LogP contribution is 2.40. The van der Waals surface area contributed by atoms with Crippen molar-refractivity contribution >= 4 is 17.7 Å². The molecule has 1 heterocycles. The van der Waals surface area contributed by atoms with Crippen LogP contribution >= 0.6 is 11.8 Å². The highest BCUT2D eigenvalue weighted by atomic mass is 32.2. The van der Waals surface area contributed by atoms with E-state index in [9.17, 15) is 17.6 Å². The van der Waals surface area contributed by atoms with Gasteiger partial charge in [0.15, 0.2) is 0 Å². The fraction of sp³-hybridized carbons (Fsp3) is 0.350. The van der Waals surface area contributed by atoms with E-state index in [1.54, 1.807) is 31.0 Å². The van der Waals surface area contributed by atoms with E-state index in [0.29, 0.717) is 5.92 Å². The molecule has 2 aromatic carbocycles. The SMILES string of the molecule is COc1ccccc1Sc1ccc(F)cc1C1CCNCC1.O=C(O)C(F)(F)F. The zero-order chi connectivity index (χ0) is 21.4. The summed E-state index contributed by atoms with van der Waals surface area (Å²) in [7, 11) is 1.68. The van der Waals surface area contributed by atoms with Crippen LogP contribution in [0.4, 0.5) is 17.6 Å². The first-order valence-electron chi connectivity index (χ1n) is 8.83. The minimum Gasteiger partial charge on any atom is -0.496 e. The smallest absolute Gasteiger partial charge is 0.490 e. The second-order valence-electron chi connectivity index (χ2n) is 6.26. The van der Waals surface area contributed by atoms with Gasteiger partial charge in [0.2, 0.25) is 0 Å². The molecular formula is C20H21F4NO3S. The normalized spacial score (nSPS) is 14.7. The Morgan fingerprint density at radius 1 is 1.14 bits per heavy atom. The molecule has 1 saturated heterocycles. The van der Waals surface area contributed by atoms with Crippen LogP contribution in [0.25, 0.3) is 0 Å². The van der Waals surface area contributed by atoms with Crippen LogP contribution in [0.1, 0.15) is 24.3 Å². The maximum Gasteiger partial charge on any atom is 0.490 e. The van der Waals surface area contributed by atoms with Crippen LogP contribution in [0, 0.1) is 5.82 Å². The molecule has 1 aliphatic rings. The Morgan fingerprint density at radius 3 is 2.34 bits per heavy atom. The summed E-state index contributed by atoms with van der Waals surface area (Å²) in [4.78, 5) is 11.1. The van der Waals surface area contributed by atoms with Gasteiger partial charge in [0.05, 0.1) is 12.0 Å². The molecular weight excluding hydrogens is 410 g/mol. The quantitative estimate of drug-likeness (QED) is 0.661. The Kier molecular flexibility index (Phi) is 8.33. The summed E-state index contributed by atoms with van der Waals surface area (Å²) in [6.07, 6.45) is -2.97. The van der Waals surface area contributed by atoms with Crippen LogP contribution in [0.5, 0.6) is 5.75 Å². The second-order valence-corrected chi connectivity index (χ2v) is 7.35. The van der Waals surface area contributed by atoms with E-state index >= 15 is 0 Å². The Labute approximate surface area is 170 Å². The van der Waals surface area contributed by atoms with Gasteiger partial charge in [-0.25, -0.2) is 9.18 Å². The van der Waals surface area contributed by atoms with Crippen LogP contribution in [-0.4, -0.2) is 37.5 Å². The van der Waals surface area contributed by atoms with Crippen molar-refractivity contribution in [2.45, 2.75) is 34.7 Å². The molecule has 0 unspecified atom stereocenters. The summed E-state index contributed by atoms with van der Waals surface area (Å²) in [6.45, 7) is 2.00. The monoisotopic (exact) mass is 431 g/mol. The number of carboxylic acid groups (broad SMARTS) is 1. The van der Waals surface area contributed by atoms with E-state index in [1.165, 1.54) is 0 Å². The lowest BCUT2D eigenvalue weighted by Crippen LogP contribution is -2.26. The Bertz CT molecular complexity index is 824. The highest BCUT2D eigenvalue weighted by Gasteiger charge is 2.38. The number of halogens is 4. The molecule has 0 radical (unpaired) electrons. The number of hydrogen-bond donors (Lipinski definition) is 2. The molecule has 2 aromatic rings. The number of benzene rings is 2. The number of nitrogens with one attached hydrogen (secondary N) is 1. The molecule has 158 valence electrons. The first-order chi connectivity index (χ1) is 13.7. The molecule has 0 atom stereocenters. The van der Waals surface area contributed by atoms with Gasteiger partial charge in [0, 0.05) is 4.90 Å². The number of carbonyl (C=O) groups is 1. The molecule has 0 spiro atoms. The lowest BCUT2D eigenvalue weighted by molar-refractivity contribution is -0.192. The highest BCUT2D eigenvalue weighted by molar-refractivity contribution is 7.99. The number of aliphatic carboxylic acids is 1. The van der Waals surface area contributed by atoms with E-state index in [4.69, 9.17) is 14.6 Å². The first-order valence-corrected chi connectivity index (χ1v) is 9.65. The average molecular weight is 431 g/mol. The van der Waals surface area contributed by atoms with Crippen molar-refractivity contribution in [2.75, 3.05) is 20.2 Å². The molecule has 0 amide bonds. The molecule has 1 aliphatic heterocycles. The van der Waals surface area contributed by atoms with E-state index in [0.717, 1.165) is 47.0 Å². The minimum absolute atomic E-state index is 0.155. The Balaban J connectivity index is 0.000000370. The molecule has 0 bridgehead atoms. The number of methoxy groups -OCH3 is 1. The largest absolute Gasteiger partial charge is 0.496 e. The number of piperidine rings is 1. The molecule has 0 aliphatic carbocycles. The number of carboxylic acids is 1. The standard InChI is InChI=1S/C18H20FNOS.C2HF3O2/c1-21-16-4-2-3-5-18(16)22-17-7-6-14(19)12-15(17)13-8-10-20-11-9-13;3-2(4,5)1(6)7/h2-7,12-13,20H,8-11H2,1H3;(H,6,7). The van der Waals surface area contributed by atoms with Gasteiger partial charge in [-0.2, -0.15) is 13.2 Å². The summed E-state index contributed by atoms with van der Waals surface area (Å²) in [5, 5.41) is 10.5. The number of alkyl halides is 3. The molecule has 9 heteroatoms. The zero-order valence-corrected chi connectivity index (χ0v) is 16.4. The van der Waals surface area contributed by atoms with Crippen LogP contribution in [0.15, 0.2) is 52.3 Å². The number of para-hydroxylation sites is 1. The van der Waals surface area contributed by atoms with Crippen molar-refractivity contribution in [2.24, 2.45) is 0 Å². The lowest BCUT2D eigenvalue weighted by atomic mass is 9.90. The third kappa shape index (κ3) is 6.93. The Hall–Kier alpha value is -2.26. The fourth-order valence-corrected chi connectivity index (χ4v) is 4.00. The minimum atomic E-state index is -5.08. The maximum atomic E-state index is 13.7. The molecule has 1 fully saturated rings. The van der Waals surface area contributed by atoms with Crippen molar-refractivity contribution in [3.8, 4) is 5.75 Å². The fourth-order valence-electron chi connectivity index (χ4n) is 2.89. The van der Waals surface area contributed by atoms with E-state index in [1.807, 2.05) is 30.3 Å². The van der Waals surface area contributed by atoms with Crippen molar-refractivity contribution in [3.05, 3.63) is 53.8 Å². The summed E-state index contributed by atoms with van der Waals surface area (Å²) in [5.41, 5.74) is 1.12. The number of hydrogen-bond acceptors (Lipinski definition) is 4. The van der Waals surface area contributed by atoms with Gasteiger partial charge in [-0.05, 0) is 67.7 Å². The maximum absolute atomic E-state index is 13.7. The summed E-state index contributed by atoms with van der Waals surface area (Å²) >= 11 is 1.66. The lowest BCUT2D eigenvalue weighted by Gasteiger charge is -2.25. The van der Waals surface area contributed by atoms with Crippen LogP contribution < -0.4 is 10.1 Å². The van der Waals surface area contributed by atoms with E-state index in [-0.39, 0.29) is 5.82 Å². The Morgan fingerprint density at radius 2 is 1.76 bits per heavy atom. The molecule has 2 N–H and O–H groups in total. The number of rotatable bonds is 4. The van der Waals surface area contributed by atoms with Gasteiger partial charge in [-0.15, -0.1) is 0 Å². The topological polar surface area (TPSA) is 58.6 Å². The predicted molar refractivity (Wildman–Crippen MR) is 102 cm³/mol. The summed E-state index contributed by atoms with van der Waals surface area (Å²) in [5.74, 6) is -1.63. The summed E-state index contributed by atoms with van der Waals surface area (Å²) < 4.78 is 50.9. The first kappa shape index (κ1) is 23.0. The van der Waals surface area contributed by atoms with Gasteiger partial charge in [-0.1, -0.05) is 23.9 Å². The average Bonchev–Trinajstić information content (AvgIpc) is 2.70. The van der Waals surface area contributed by atoms with Crippen LogP contribution in [0.3, 0.4) is 0 Å². The summed E-state index contributed by atoms with van der Waals surface area (Å²) in [6, 6.07) is 13.1. The van der Waals surface area contributed by atoms with E-state index < -0.39 is 12.1 Å². The van der Waals surface area contributed by atoms with Gasteiger partial charge in [0.1, 0.15) is 11.6 Å². The zero-order valence-electron chi connectivity index (χ0n) is 15.6. The number of ether oxygens (including phenoxy) is 1. The van der Waals surface area contributed by atoms with Crippen LogP contribution in [-0.2, 0) is 4.79 Å². The third-order valence-electron chi connectivity index (χ3n) is 4.28. The van der Waals surface area contributed by atoms with Crippen molar-refractivity contribution in [1.29, 1.82) is 0 Å². The van der Waals surface area contributed by atoms with Gasteiger partial charge < -0.3 is 15.2 Å². The second kappa shape index (κ2) is 10.5. The molecule has 3 rings (SSSR count). The van der Waals surface area contributed by atoms with Crippen LogP contribution in [0.2, 0.25) is 0 Å². The third-order valence-corrected chi connectivity index (χ3v) is 5.43. The van der Waals surface area contributed by atoms with Crippen molar-refractivity contribution < 1.29 is 32.2 Å². The molecule has 29 heavy (non-hydrogen) atoms. The molecule has 0 aromatic heterocycles. The molecule has 4 nitrogen and oxygen atoms in total. The van der Waals surface area contributed by atoms with Gasteiger partial charge in [0.25, 0.3) is 0 Å². The molecule has 0 saturated carbocycles. The van der Waals surface area contributed by atoms with E-state index in [2.05, 4.69) is 5.32 Å². The van der Waals surface area contributed by atoms with Gasteiger partial charge >= 0.3 is 12.1 Å². The predicted octanol–water partition coefficient (Wildman–Crippen LogP) is 5.09. The van der Waals surface area contributed by atoms with Gasteiger partial charge in [-0.3, -0.25) is 0 Å². The van der Waals surface area contributed by atoms with Crippen molar-refractivity contribution in [3.63, 3.8) is 0 Å². The van der Waals surface area contributed by atoms with Crippen molar-refractivity contribution in [1.82, 2.24) is 5.32 Å².